The summed E-state index contributed by atoms with van der Waals surface area (Å²) >= 11 is 7.14. The van der Waals surface area contributed by atoms with Crippen molar-refractivity contribution in [1.29, 1.82) is 0 Å². The lowest BCUT2D eigenvalue weighted by Crippen LogP contribution is -1.79. The third kappa shape index (κ3) is 1.47. The van der Waals surface area contributed by atoms with Gasteiger partial charge in [-0.1, -0.05) is 50.1 Å². The Bertz CT molecular complexity index is 544. The summed E-state index contributed by atoms with van der Waals surface area (Å²) < 4.78 is 2.35. The highest BCUT2D eigenvalue weighted by atomic mass is 79.9. The number of fused-ring (bicyclic) bond motifs is 3. The first-order chi connectivity index (χ1) is 7.25. The van der Waals surface area contributed by atoms with Crippen LogP contribution < -0.4 is 0 Å². The lowest BCUT2D eigenvalue weighted by atomic mass is 10.1. The van der Waals surface area contributed by atoms with Crippen molar-refractivity contribution in [3.05, 3.63) is 56.5 Å². The van der Waals surface area contributed by atoms with Crippen molar-refractivity contribution in [3.8, 4) is 11.1 Å². The minimum Gasteiger partial charge on any atom is -0.0608 e. The van der Waals surface area contributed by atoms with Gasteiger partial charge in [0.05, 0.1) is 0 Å². The van der Waals surface area contributed by atoms with Gasteiger partial charge >= 0.3 is 0 Å². The predicted molar refractivity (Wildman–Crippen MR) is 70.1 cm³/mol. The molecule has 0 atom stereocenters. The molecule has 0 radical (unpaired) electrons. The Morgan fingerprint density at radius 3 is 2.67 bits per heavy atom. The molecule has 0 fully saturated rings. The molecule has 0 bridgehead atoms. The van der Waals surface area contributed by atoms with Crippen LogP contribution in [0.15, 0.2) is 45.3 Å². The van der Waals surface area contributed by atoms with Crippen LogP contribution in [0.4, 0.5) is 0 Å². The lowest BCUT2D eigenvalue weighted by Gasteiger charge is -2.03. The summed E-state index contributed by atoms with van der Waals surface area (Å²) in [5.74, 6) is 0. The lowest BCUT2D eigenvalue weighted by molar-refractivity contribution is 1.26. The van der Waals surface area contributed by atoms with Crippen LogP contribution in [0.1, 0.15) is 11.1 Å². The van der Waals surface area contributed by atoms with Gasteiger partial charge in [-0.2, -0.15) is 0 Å². The van der Waals surface area contributed by atoms with Crippen molar-refractivity contribution >= 4 is 31.9 Å². The normalized spacial score (nSPS) is 12.4. The molecule has 74 valence electrons. The van der Waals surface area contributed by atoms with Crippen LogP contribution >= 0.6 is 31.9 Å². The third-order valence-corrected chi connectivity index (χ3v) is 3.97. The Kier molecular flexibility index (Phi) is 2.22. The summed E-state index contributed by atoms with van der Waals surface area (Å²) in [6.07, 6.45) is 1.05. The maximum absolute atomic E-state index is 3.62. The van der Waals surface area contributed by atoms with Crippen LogP contribution in [-0.2, 0) is 6.42 Å². The Hall–Kier alpha value is -0.600. The molecule has 0 amide bonds. The van der Waals surface area contributed by atoms with E-state index in [1.54, 1.807) is 0 Å². The van der Waals surface area contributed by atoms with Gasteiger partial charge in [-0.25, -0.2) is 0 Å². The van der Waals surface area contributed by atoms with Gasteiger partial charge in [-0.15, -0.1) is 0 Å². The van der Waals surface area contributed by atoms with Gasteiger partial charge in [0.15, 0.2) is 0 Å². The molecule has 1 aliphatic rings. The summed E-state index contributed by atoms with van der Waals surface area (Å²) in [7, 11) is 0. The molecule has 0 saturated heterocycles. The van der Waals surface area contributed by atoms with E-state index in [9.17, 15) is 0 Å². The van der Waals surface area contributed by atoms with E-state index in [2.05, 4.69) is 68.3 Å². The second kappa shape index (κ2) is 3.46. The molecule has 0 spiro atoms. The zero-order chi connectivity index (χ0) is 10.4. The van der Waals surface area contributed by atoms with Crippen LogP contribution in [0, 0.1) is 0 Å². The zero-order valence-electron chi connectivity index (χ0n) is 7.93. The van der Waals surface area contributed by atoms with Gasteiger partial charge in [0.2, 0.25) is 0 Å². The molecular weight excluding hydrogens is 316 g/mol. The van der Waals surface area contributed by atoms with E-state index in [1.807, 2.05) is 0 Å². The quantitative estimate of drug-likeness (QED) is 0.558. The minimum atomic E-state index is 1.05. The summed E-state index contributed by atoms with van der Waals surface area (Å²) in [4.78, 5) is 0. The second-order valence-corrected chi connectivity index (χ2v) is 5.52. The molecule has 2 aromatic rings. The maximum atomic E-state index is 3.62. The average molecular weight is 324 g/mol. The largest absolute Gasteiger partial charge is 0.0608 e. The molecule has 0 N–H and O–H groups in total. The number of benzene rings is 2. The van der Waals surface area contributed by atoms with Crippen LogP contribution in [0.25, 0.3) is 11.1 Å². The molecule has 0 aliphatic heterocycles. The zero-order valence-corrected chi connectivity index (χ0v) is 11.1. The Morgan fingerprint density at radius 2 is 1.80 bits per heavy atom. The standard InChI is InChI=1S/C13H8Br2/c14-10-4-5-11-9(7-10)6-8-2-1-3-12(15)13(8)11/h1-5,7H,6H2. The van der Waals surface area contributed by atoms with Gasteiger partial charge < -0.3 is 0 Å². The molecule has 0 aromatic heterocycles. The SMILES string of the molecule is Brc1ccc2c(c1)Cc1cccc(Br)c1-2. The summed E-state index contributed by atoms with van der Waals surface area (Å²) in [5, 5.41) is 0. The number of hydrogen-bond acceptors (Lipinski definition) is 0. The summed E-state index contributed by atoms with van der Waals surface area (Å²) in [5.41, 5.74) is 5.55. The maximum Gasteiger partial charge on any atom is 0.0256 e. The third-order valence-electron chi connectivity index (χ3n) is 2.82. The van der Waals surface area contributed by atoms with Gasteiger partial charge in [0.1, 0.15) is 0 Å². The van der Waals surface area contributed by atoms with Crippen molar-refractivity contribution in [1.82, 2.24) is 0 Å². The van der Waals surface area contributed by atoms with E-state index in [0.717, 1.165) is 10.9 Å². The van der Waals surface area contributed by atoms with E-state index in [1.165, 1.54) is 26.7 Å². The van der Waals surface area contributed by atoms with Crippen LogP contribution in [-0.4, -0.2) is 0 Å². The van der Waals surface area contributed by atoms with E-state index in [-0.39, 0.29) is 0 Å². The molecule has 0 heterocycles. The van der Waals surface area contributed by atoms with E-state index in [0.29, 0.717) is 0 Å². The molecule has 0 unspecified atom stereocenters. The number of rotatable bonds is 0. The highest BCUT2D eigenvalue weighted by Crippen LogP contribution is 2.41. The Balaban J connectivity index is 2.31. The molecule has 0 nitrogen and oxygen atoms in total. The van der Waals surface area contributed by atoms with Crippen LogP contribution in [0.5, 0.6) is 0 Å². The molecule has 15 heavy (non-hydrogen) atoms. The molecule has 2 heteroatoms. The highest BCUT2D eigenvalue weighted by Gasteiger charge is 2.20. The molecule has 1 aliphatic carbocycles. The van der Waals surface area contributed by atoms with Crippen LogP contribution in [0.2, 0.25) is 0 Å². The fraction of sp³-hybridized carbons (Fsp3) is 0.0769. The first-order valence-corrected chi connectivity index (χ1v) is 6.40. The van der Waals surface area contributed by atoms with Gasteiger partial charge in [-0.3, -0.25) is 0 Å². The first-order valence-electron chi connectivity index (χ1n) is 4.82. The highest BCUT2D eigenvalue weighted by molar-refractivity contribution is 9.10. The van der Waals surface area contributed by atoms with Crippen molar-refractivity contribution in [2.75, 3.05) is 0 Å². The first kappa shape index (κ1) is 9.61. The van der Waals surface area contributed by atoms with E-state index >= 15 is 0 Å². The fourth-order valence-electron chi connectivity index (χ4n) is 2.18. The van der Waals surface area contributed by atoms with E-state index in [4.69, 9.17) is 0 Å². The molecule has 2 aromatic carbocycles. The van der Waals surface area contributed by atoms with Gasteiger partial charge in [-0.05, 0) is 46.9 Å². The number of hydrogen-bond donors (Lipinski definition) is 0. The van der Waals surface area contributed by atoms with Crippen molar-refractivity contribution in [2.45, 2.75) is 6.42 Å². The fourth-order valence-corrected chi connectivity index (χ4v) is 3.20. The molecular formula is C13H8Br2. The monoisotopic (exact) mass is 322 g/mol. The van der Waals surface area contributed by atoms with Crippen molar-refractivity contribution in [2.24, 2.45) is 0 Å². The topological polar surface area (TPSA) is 0 Å². The van der Waals surface area contributed by atoms with Crippen molar-refractivity contribution < 1.29 is 0 Å². The second-order valence-electron chi connectivity index (χ2n) is 3.75. The van der Waals surface area contributed by atoms with Gasteiger partial charge in [0, 0.05) is 8.95 Å². The molecule has 3 rings (SSSR count). The summed E-state index contributed by atoms with van der Waals surface area (Å²) in [6.45, 7) is 0. The Labute approximate surface area is 106 Å². The predicted octanol–water partition coefficient (Wildman–Crippen LogP) is 4.78. The average Bonchev–Trinajstić information content (AvgIpc) is 2.56. The summed E-state index contributed by atoms with van der Waals surface area (Å²) in [6, 6.07) is 12.9. The Morgan fingerprint density at radius 1 is 0.933 bits per heavy atom. The van der Waals surface area contributed by atoms with Crippen molar-refractivity contribution in [3.63, 3.8) is 0 Å². The molecule has 0 saturated carbocycles. The van der Waals surface area contributed by atoms with E-state index < -0.39 is 0 Å². The minimum absolute atomic E-state index is 1.05. The van der Waals surface area contributed by atoms with Gasteiger partial charge in [0.25, 0.3) is 0 Å². The van der Waals surface area contributed by atoms with Crippen LogP contribution in [0.3, 0.4) is 0 Å². The smallest absolute Gasteiger partial charge is 0.0256 e. The number of halogens is 2.